The molecule has 0 fully saturated rings. The van der Waals surface area contributed by atoms with E-state index in [2.05, 4.69) is 85.0 Å². The van der Waals surface area contributed by atoms with Crippen molar-refractivity contribution in [3.05, 3.63) is 119 Å². The van der Waals surface area contributed by atoms with Crippen molar-refractivity contribution in [3.63, 3.8) is 0 Å². The molecule has 3 heteroatoms. The van der Waals surface area contributed by atoms with E-state index in [0.29, 0.717) is 12.1 Å². The Balaban J connectivity index is 1.52. The molecule has 2 N–H and O–H groups in total. The molecule has 0 spiro atoms. The highest BCUT2D eigenvalue weighted by Crippen LogP contribution is 2.33. The number of benzene rings is 5. The first kappa shape index (κ1) is 22.8. The Kier molecular flexibility index (Phi) is 6.10. The fourth-order valence-corrected chi connectivity index (χ4v) is 4.96. The number of carboxylic acids is 1. The highest BCUT2D eigenvalue weighted by Gasteiger charge is 2.15. The van der Waals surface area contributed by atoms with E-state index in [4.69, 9.17) is 0 Å². The molecule has 1 unspecified atom stereocenters. The van der Waals surface area contributed by atoms with E-state index in [0.717, 1.165) is 33.0 Å². The van der Waals surface area contributed by atoms with Crippen LogP contribution >= 0.6 is 0 Å². The van der Waals surface area contributed by atoms with Gasteiger partial charge in [-0.3, -0.25) is 0 Å². The lowest BCUT2D eigenvalue weighted by molar-refractivity contribution is 0.0696. The zero-order valence-corrected chi connectivity index (χ0v) is 20.3. The fraction of sp³-hybridized carbons (Fsp3) is 0.156. The van der Waals surface area contributed by atoms with Crippen LogP contribution in [0.5, 0.6) is 0 Å². The summed E-state index contributed by atoms with van der Waals surface area (Å²) in [5, 5.41) is 18.2. The second-order valence-corrected chi connectivity index (χ2v) is 9.31. The number of nitrogens with one attached hydrogen (secondary N) is 1. The van der Waals surface area contributed by atoms with Crippen LogP contribution in [0.25, 0.3) is 32.7 Å². The fourth-order valence-electron chi connectivity index (χ4n) is 4.96. The third-order valence-electron chi connectivity index (χ3n) is 7.03. The summed E-state index contributed by atoms with van der Waals surface area (Å²) in [6.45, 7) is 6.76. The highest BCUT2D eigenvalue weighted by atomic mass is 16.4. The van der Waals surface area contributed by atoms with Gasteiger partial charge >= 0.3 is 5.97 Å². The van der Waals surface area contributed by atoms with Crippen LogP contribution in [0.15, 0.2) is 91.0 Å². The van der Waals surface area contributed by atoms with Gasteiger partial charge in [0.15, 0.2) is 0 Å². The van der Waals surface area contributed by atoms with Gasteiger partial charge in [0.2, 0.25) is 0 Å². The molecule has 0 radical (unpaired) electrons. The minimum atomic E-state index is -0.890. The van der Waals surface area contributed by atoms with Crippen molar-refractivity contribution in [1.29, 1.82) is 0 Å². The van der Waals surface area contributed by atoms with Gasteiger partial charge in [-0.15, -0.1) is 0 Å². The summed E-state index contributed by atoms with van der Waals surface area (Å²) in [5.41, 5.74) is 6.60. The van der Waals surface area contributed by atoms with E-state index in [1.165, 1.54) is 21.9 Å². The van der Waals surface area contributed by atoms with E-state index >= 15 is 0 Å². The maximum atomic E-state index is 11.9. The van der Waals surface area contributed by atoms with Crippen molar-refractivity contribution < 1.29 is 9.90 Å². The minimum absolute atomic E-state index is 0.177. The SMILES string of the molecule is Cc1cc(-c2cc(CNC(C)c3cccc4ccccc34)cc3ccccc23)cc(C(=O)O)c1C. The smallest absolute Gasteiger partial charge is 0.335 e. The first-order valence-electron chi connectivity index (χ1n) is 12.0. The van der Waals surface area contributed by atoms with Gasteiger partial charge in [-0.05, 0) is 93.9 Å². The lowest BCUT2D eigenvalue weighted by Gasteiger charge is -2.18. The van der Waals surface area contributed by atoms with Gasteiger partial charge in [-0.25, -0.2) is 4.79 Å². The highest BCUT2D eigenvalue weighted by molar-refractivity contribution is 5.99. The maximum Gasteiger partial charge on any atom is 0.335 e. The lowest BCUT2D eigenvalue weighted by atomic mass is 9.91. The normalized spacial score (nSPS) is 12.2. The van der Waals surface area contributed by atoms with Crippen LogP contribution in [0.1, 0.15) is 45.6 Å². The first-order valence-corrected chi connectivity index (χ1v) is 12.0. The third-order valence-corrected chi connectivity index (χ3v) is 7.03. The number of fused-ring (bicyclic) bond motifs is 2. The van der Waals surface area contributed by atoms with Crippen molar-refractivity contribution in [2.75, 3.05) is 0 Å². The van der Waals surface area contributed by atoms with Gasteiger partial charge < -0.3 is 10.4 Å². The van der Waals surface area contributed by atoms with E-state index in [1.807, 2.05) is 32.0 Å². The van der Waals surface area contributed by atoms with Crippen molar-refractivity contribution in [2.45, 2.75) is 33.4 Å². The molecule has 0 amide bonds. The predicted molar refractivity (Wildman–Crippen MR) is 145 cm³/mol. The summed E-state index contributed by atoms with van der Waals surface area (Å²) in [7, 11) is 0. The summed E-state index contributed by atoms with van der Waals surface area (Å²) in [6.07, 6.45) is 0. The van der Waals surface area contributed by atoms with Crippen LogP contribution in [0.2, 0.25) is 0 Å². The van der Waals surface area contributed by atoms with E-state index in [9.17, 15) is 9.90 Å². The summed E-state index contributed by atoms with van der Waals surface area (Å²) in [5.74, 6) is -0.890. The Morgan fingerprint density at radius 2 is 1.51 bits per heavy atom. The maximum absolute atomic E-state index is 11.9. The number of rotatable bonds is 6. The van der Waals surface area contributed by atoms with Crippen LogP contribution in [0.3, 0.4) is 0 Å². The van der Waals surface area contributed by atoms with Crippen LogP contribution in [0, 0.1) is 13.8 Å². The van der Waals surface area contributed by atoms with Gasteiger partial charge in [0, 0.05) is 12.6 Å². The lowest BCUT2D eigenvalue weighted by Crippen LogP contribution is -2.18. The third kappa shape index (κ3) is 4.43. The second-order valence-electron chi connectivity index (χ2n) is 9.31. The molecule has 0 saturated heterocycles. The average molecular weight is 460 g/mol. The Hall–Kier alpha value is -3.95. The summed E-state index contributed by atoms with van der Waals surface area (Å²) in [4.78, 5) is 11.9. The molecular formula is C32H29NO2. The molecule has 0 saturated carbocycles. The zero-order chi connectivity index (χ0) is 24.5. The monoisotopic (exact) mass is 459 g/mol. The molecular weight excluding hydrogens is 430 g/mol. The quantitative estimate of drug-likeness (QED) is 0.272. The predicted octanol–water partition coefficient (Wildman–Crippen LogP) is 7.83. The summed E-state index contributed by atoms with van der Waals surface area (Å²) < 4.78 is 0. The van der Waals surface area contributed by atoms with Crippen LogP contribution in [-0.4, -0.2) is 11.1 Å². The van der Waals surface area contributed by atoms with Gasteiger partial charge in [0.05, 0.1) is 5.56 Å². The van der Waals surface area contributed by atoms with Crippen molar-refractivity contribution in [1.82, 2.24) is 5.32 Å². The van der Waals surface area contributed by atoms with Crippen LogP contribution < -0.4 is 5.32 Å². The Labute approximate surface area is 206 Å². The molecule has 5 aromatic rings. The zero-order valence-electron chi connectivity index (χ0n) is 20.3. The number of aromatic carboxylic acids is 1. The number of hydrogen-bond acceptors (Lipinski definition) is 2. The van der Waals surface area contributed by atoms with Crippen molar-refractivity contribution in [2.24, 2.45) is 0 Å². The van der Waals surface area contributed by atoms with E-state index < -0.39 is 5.97 Å². The molecule has 0 aliphatic heterocycles. The molecule has 1 atom stereocenters. The Morgan fingerprint density at radius 3 is 2.29 bits per heavy atom. The van der Waals surface area contributed by atoms with Gasteiger partial charge in [0.1, 0.15) is 0 Å². The van der Waals surface area contributed by atoms with Crippen molar-refractivity contribution in [3.8, 4) is 11.1 Å². The summed E-state index contributed by atoms with van der Waals surface area (Å²) in [6, 6.07) is 31.7. The van der Waals surface area contributed by atoms with Gasteiger partial charge in [-0.2, -0.15) is 0 Å². The molecule has 5 aromatic carbocycles. The van der Waals surface area contributed by atoms with Crippen LogP contribution in [-0.2, 0) is 6.54 Å². The van der Waals surface area contributed by atoms with Crippen LogP contribution in [0.4, 0.5) is 0 Å². The van der Waals surface area contributed by atoms with Gasteiger partial charge in [0.25, 0.3) is 0 Å². The molecule has 0 aliphatic rings. The number of aryl methyl sites for hydroxylation is 1. The molecule has 174 valence electrons. The minimum Gasteiger partial charge on any atom is -0.478 e. The topological polar surface area (TPSA) is 49.3 Å². The largest absolute Gasteiger partial charge is 0.478 e. The molecule has 0 aliphatic carbocycles. The second kappa shape index (κ2) is 9.36. The molecule has 3 nitrogen and oxygen atoms in total. The molecule has 0 bridgehead atoms. The Bertz CT molecular complexity index is 1560. The molecule has 0 heterocycles. The summed E-state index contributed by atoms with van der Waals surface area (Å²) >= 11 is 0. The van der Waals surface area contributed by atoms with E-state index in [-0.39, 0.29) is 6.04 Å². The number of carbonyl (C=O) groups is 1. The van der Waals surface area contributed by atoms with Crippen molar-refractivity contribution >= 4 is 27.5 Å². The molecule has 5 rings (SSSR count). The van der Waals surface area contributed by atoms with E-state index in [1.54, 1.807) is 0 Å². The number of hydrogen-bond donors (Lipinski definition) is 2. The standard InChI is InChI=1S/C32H29NO2/c1-20-15-26(18-30(21(20)2)32(34)35)31-17-23(16-25-10-5-7-13-29(25)31)19-33-22(3)27-14-8-11-24-9-4-6-12-28(24)27/h4-18,22,33H,19H2,1-3H3,(H,34,35). The van der Waals surface area contributed by atoms with Gasteiger partial charge in [-0.1, -0.05) is 72.8 Å². The number of carboxylic acid groups (broad SMARTS) is 1. The first-order chi connectivity index (χ1) is 16.9. The Morgan fingerprint density at radius 1 is 0.829 bits per heavy atom. The molecule has 35 heavy (non-hydrogen) atoms. The average Bonchev–Trinajstić information content (AvgIpc) is 2.87. The molecule has 0 aromatic heterocycles.